The average molecular weight is 459 g/mol. The molecule has 5 nitrogen and oxygen atoms in total. The Kier molecular flexibility index (Phi) is 5.80. The zero-order valence-electron chi connectivity index (χ0n) is 19.7. The van der Waals surface area contributed by atoms with Gasteiger partial charge >= 0.3 is 5.97 Å². The number of aliphatic hydroxyl groups is 1. The Morgan fingerprint density at radius 3 is 2.29 bits per heavy atom. The number of aryl methyl sites for hydroxylation is 1. The van der Waals surface area contributed by atoms with E-state index in [2.05, 4.69) is 0 Å². The smallest absolute Gasteiger partial charge is 0.348 e. The van der Waals surface area contributed by atoms with E-state index in [1.807, 2.05) is 75.4 Å². The summed E-state index contributed by atoms with van der Waals surface area (Å²) in [5.41, 5.74) is 0.327. The maximum Gasteiger partial charge on any atom is 0.348 e. The summed E-state index contributed by atoms with van der Waals surface area (Å²) in [6.45, 7) is 5.80. The van der Waals surface area contributed by atoms with Crippen LogP contribution in [0.2, 0.25) is 0 Å². The molecule has 2 fully saturated rings. The third-order valence-corrected chi connectivity index (χ3v) is 7.18. The lowest BCUT2D eigenvalue weighted by Gasteiger charge is -2.32. The molecule has 34 heavy (non-hydrogen) atoms. The van der Waals surface area contributed by atoms with Crippen molar-refractivity contribution in [3.8, 4) is 0 Å². The largest absolute Gasteiger partial charge is 0.454 e. The second-order valence-electron chi connectivity index (χ2n) is 9.52. The van der Waals surface area contributed by atoms with Gasteiger partial charge in [-0.3, -0.25) is 0 Å². The molecule has 176 valence electrons. The molecule has 0 amide bonds. The lowest BCUT2D eigenvalue weighted by Crippen LogP contribution is -2.45. The van der Waals surface area contributed by atoms with Crippen LogP contribution < -0.4 is 0 Å². The molecule has 0 saturated carbocycles. The summed E-state index contributed by atoms with van der Waals surface area (Å²) in [5.74, 6) is -0.731. The van der Waals surface area contributed by atoms with Crippen LogP contribution in [0.3, 0.4) is 0 Å². The Morgan fingerprint density at radius 1 is 1.00 bits per heavy atom. The molecule has 2 aliphatic rings. The van der Waals surface area contributed by atoms with Crippen LogP contribution in [0.5, 0.6) is 0 Å². The topological polar surface area (TPSA) is 65.0 Å². The Morgan fingerprint density at radius 2 is 1.62 bits per heavy atom. The standard InChI is InChI=1S/C29H30O5/c1-19-12-10-11-17-23(19)29(31,22-15-8-5-9-16-22)27(30)33-25-20(2)32-24-18-28(3,34-26(24)25)21-13-6-4-7-14-21/h4-17,20,24-26,31H,18H2,1-3H3/t20-,24-,25+,26+,28-,29?/m1/s1. The van der Waals surface area contributed by atoms with Crippen LogP contribution in [-0.2, 0) is 30.2 Å². The van der Waals surface area contributed by atoms with Crippen LogP contribution in [0.15, 0.2) is 84.9 Å². The van der Waals surface area contributed by atoms with Gasteiger partial charge in [0.2, 0.25) is 5.60 Å². The molecule has 2 aliphatic heterocycles. The second kappa shape index (κ2) is 8.66. The summed E-state index contributed by atoms with van der Waals surface area (Å²) < 4.78 is 18.7. The molecule has 5 heteroatoms. The van der Waals surface area contributed by atoms with E-state index in [4.69, 9.17) is 14.2 Å². The first-order valence-electron chi connectivity index (χ1n) is 11.8. The fourth-order valence-electron chi connectivity index (χ4n) is 5.34. The summed E-state index contributed by atoms with van der Waals surface area (Å²) >= 11 is 0. The predicted octanol–water partition coefficient (Wildman–Crippen LogP) is 4.63. The van der Waals surface area contributed by atoms with Crippen molar-refractivity contribution in [2.24, 2.45) is 0 Å². The van der Waals surface area contributed by atoms with E-state index in [1.165, 1.54) is 0 Å². The third kappa shape index (κ3) is 3.74. The number of carbonyl (C=O) groups is 1. The molecule has 3 aromatic carbocycles. The molecular formula is C29H30O5. The van der Waals surface area contributed by atoms with Crippen LogP contribution in [-0.4, -0.2) is 35.5 Å². The summed E-state index contributed by atoms with van der Waals surface area (Å²) in [6, 6.07) is 26.3. The van der Waals surface area contributed by atoms with Crippen LogP contribution in [0.1, 0.15) is 42.5 Å². The highest BCUT2D eigenvalue weighted by molar-refractivity contribution is 5.86. The number of hydrogen-bond acceptors (Lipinski definition) is 5. The first-order chi connectivity index (χ1) is 16.3. The Labute approximate surface area is 200 Å². The van der Waals surface area contributed by atoms with E-state index < -0.39 is 29.4 Å². The van der Waals surface area contributed by atoms with Gasteiger partial charge in [-0.15, -0.1) is 0 Å². The highest BCUT2D eigenvalue weighted by atomic mass is 16.6. The molecule has 5 rings (SSSR count). The second-order valence-corrected chi connectivity index (χ2v) is 9.52. The van der Waals surface area contributed by atoms with Gasteiger partial charge in [0.15, 0.2) is 6.10 Å². The monoisotopic (exact) mass is 458 g/mol. The number of fused-ring (bicyclic) bond motifs is 1. The van der Waals surface area contributed by atoms with Crippen molar-refractivity contribution < 1.29 is 24.1 Å². The minimum Gasteiger partial charge on any atom is -0.454 e. The molecule has 0 aromatic heterocycles. The summed E-state index contributed by atoms with van der Waals surface area (Å²) in [5, 5.41) is 11.9. The van der Waals surface area contributed by atoms with E-state index in [1.54, 1.807) is 30.3 Å². The third-order valence-electron chi connectivity index (χ3n) is 7.18. The van der Waals surface area contributed by atoms with Crippen LogP contribution in [0.4, 0.5) is 0 Å². The van der Waals surface area contributed by atoms with Crippen molar-refractivity contribution in [2.45, 2.75) is 62.8 Å². The highest BCUT2D eigenvalue weighted by Gasteiger charge is 2.57. The fourth-order valence-corrected chi connectivity index (χ4v) is 5.34. The molecule has 0 aliphatic carbocycles. The number of ether oxygens (including phenoxy) is 3. The van der Waals surface area contributed by atoms with E-state index >= 15 is 0 Å². The van der Waals surface area contributed by atoms with E-state index in [-0.39, 0.29) is 12.2 Å². The number of hydrogen-bond donors (Lipinski definition) is 1. The Bertz CT molecular complexity index is 1160. The first-order valence-corrected chi connectivity index (χ1v) is 11.8. The summed E-state index contributed by atoms with van der Waals surface area (Å²) in [7, 11) is 0. The van der Waals surface area contributed by atoms with Crippen LogP contribution >= 0.6 is 0 Å². The Balaban J connectivity index is 1.45. The molecule has 3 aromatic rings. The maximum absolute atomic E-state index is 13.8. The average Bonchev–Trinajstić information content (AvgIpc) is 3.33. The van der Waals surface area contributed by atoms with Gasteiger partial charge in [-0.1, -0.05) is 84.9 Å². The molecule has 0 radical (unpaired) electrons. The van der Waals surface area contributed by atoms with Crippen molar-refractivity contribution in [2.75, 3.05) is 0 Å². The molecule has 2 heterocycles. The van der Waals surface area contributed by atoms with Crippen LogP contribution in [0.25, 0.3) is 0 Å². The van der Waals surface area contributed by atoms with Crippen molar-refractivity contribution in [3.63, 3.8) is 0 Å². The zero-order valence-corrected chi connectivity index (χ0v) is 19.7. The lowest BCUT2D eigenvalue weighted by molar-refractivity contribution is -0.179. The van der Waals surface area contributed by atoms with Gasteiger partial charge in [0.05, 0.1) is 17.8 Å². The van der Waals surface area contributed by atoms with E-state index in [0.717, 1.165) is 11.1 Å². The zero-order chi connectivity index (χ0) is 23.9. The van der Waals surface area contributed by atoms with Crippen molar-refractivity contribution >= 4 is 5.97 Å². The van der Waals surface area contributed by atoms with Crippen molar-refractivity contribution in [3.05, 3.63) is 107 Å². The summed E-state index contributed by atoms with van der Waals surface area (Å²) in [6.07, 6.45) is -0.929. The molecule has 2 saturated heterocycles. The van der Waals surface area contributed by atoms with Gasteiger partial charge < -0.3 is 19.3 Å². The highest BCUT2D eigenvalue weighted by Crippen LogP contribution is 2.46. The normalized spacial score (nSPS) is 29.9. The van der Waals surface area contributed by atoms with Gasteiger partial charge in [0, 0.05) is 12.0 Å². The van der Waals surface area contributed by atoms with Crippen molar-refractivity contribution in [1.82, 2.24) is 0 Å². The number of esters is 1. The molecule has 1 unspecified atom stereocenters. The quantitative estimate of drug-likeness (QED) is 0.565. The van der Waals surface area contributed by atoms with E-state index in [9.17, 15) is 9.90 Å². The van der Waals surface area contributed by atoms with Gasteiger partial charge in [-0.2, -0.15) is 0 Å². The number of carbonyl (C=O) groups excluding carboxylic acids is 1. The van der Waals surface area contributed by atoms with E-state index in [0.29, 0.717) is 17.5 Å². The van der Waals surface area contributed by atoms with Crippen molar-refractivity contribution in [1.29, 1.82) is 0 Å². The van der Waals surface area contributed by atoms with Gasteiger partial charge in [0.25, 0.3) is 0 Å². The Hall–Kier alpha value is -2.99. The molecule has 0 bridgehead atoms. The molecule has 1 N–H and O–H groups in total. The lowest BCUT2D eigenvalue weighted by atomic mass is 9.84. The SMILES string of the molecule is Cc1ccccc1C(O)(C(=O)O[C@@H]1[C@H]2O[C@@](C)(c3ccccc3)C[C@H]2O[C@@H]1C)c1ccccc1. The number of benzene rings is 3. The molecular weight excluding hydrogens is 428 g/mol. The summed E-state index contributed by atoms with van der Waals surface area (Å²) in [4.78, 5) is 13.8. The van der Waals surface area contributed by atoms with Crippen LogP contribution in [0, 0.1) is 6.92 Å². The molecule has 6 atom stereocenters. The molecule has 0 spiro atoms. The fraction of sp³-hybridized carbons (Fsp3) is 0.345. The van der Waals surface area contributed by atoms with Gasteiger partial charge in [-0.25, -0.2) is 4.79 Å². The minimum atomic E-state index is -1.95. The first kappa shape index (κ1) is 22.8. The number of rotatable bonds is 5. The maximum atomic E-state index is 13.8. The minimum absolute atomic E-state index is 0.193. The van der Waals surface area contributed by atoms with Gasteiger partial charge in [0.1, 0.15) is 6.10 Å². The van der Waals surface area contributed by atoms with Gasteiger partial charge in [-0.05, 0) is 37.5 Å². The predicted molar refractivity (Wildman–Crippen MR) is 128 cm³/mol.